The zero-order valence-corrected chi connectivity index (χ0v) is 11.9. The number of nitrogens with two attached hydrogens (primary N) is 1. The molecule has 1 aromatic heterocycles. The molecule has 0 bridgehead atoms. The number of aromatic nitrogens is 2. The van der Waals surface area contributed by atoms with Crippen molar-refractivity contribution in [2.45, 2.75) is 51.7 Å². The highest BCUT2D eigenvalue weighted by atomic mass is 16.5. The Bertz CT molecular complexity index is 402. The molecule has 0 spiro atoms. The number of anilines is 1. The van der Waals surface area contributed by atoms with Crippen molar-refractivity contribution >= 4 is 5.82 Å². The summed E-state index contributed by atoms with van der Waals surface area (Å²) in [4.78, 5) is 8.70. The predicted molar refractivity (Wildman–Crippen MR) is 76.2 cm³/mol. The van der Waals surface area contributed by atoms with Gasteiger partial charge in [-0.05, 0) is 39.5 Å². The normalized spacial score (nSPS) is 23.3. The minimum atomic E-state index is 0.379. The van der Waals surface area contributed by atoms with E-state index in [1.807, 2.05) is 13.8 Å². The van der Waals surface area contributed by atoms with Crippen molar-refractivity contribution in [3.05, 3.63) is 17.6 Å². The van der Waals surface area contributed by atoms with Gasteiger partial charge in [0.1, 0.15) is 5.82 Å². The van der Waals surface area contributed by atoms with E-state index in [0.29, 0.717) is 18.8 Å². The molecule has 0 saturated heterocycles. The van der Waals surface area contributed by atoms with Gasteiger partial charge < -0.3 is 15.8 Å². The molecule has 1 aliphatic rings. The SMILES string of the molecule is Cc1ncc(NCCOC2CCC(N)CC2)nc1C. The van der Waals surface area contributed by atoms with Gasteiger partial charge in [0, 0.05) is 12.6 Å². The van der Waals surface area contributed by atoms with Crippen LogP contribution < -0.4 is 11.1 Å². The van der Waals surface area contributed by atoms with Crippen LogP contribution in [-0.4, -0.2) is 35.3 Å². The zero-order valence-electron chi connectivity index (χ0n) is 11.9. The molecular weight excluding hydrogens is 240 g/mol. The molecule has 0 aromatic carbocycles. The molecule has 106 valence electrons. The van der Waals surface area contributed by atoms with Crippen molar-refractivity contribution in [2.75, 3.05) is 18.5 Å². The Labute approximate surface area is 115 Å². The summed E-state index contributed by atoms with van der Waals surface area (Å²) in [6.07, 6.45) is 6.49. The van der Waals surface area contributed by atoms with Gasteiger partial charge in [0.25, 0.3) is 0 Å². The van der Waals surface area contributed by atoms with Crippen LogP contribution in [-0.2, 0) is 4.74 Å². The van der Waals surface area contributed by atoms with Crippen molar-refractivity contribution in [3.63, 3.8) is 0 Å². The fourth-order valence-corrected chi connectivity index (χ4v) is 2.29. The highest BCUT2D eigenvalue weighted by Crippen LogP contribution is 2.19. The second-order valence-corrected chi connectivity index (χ2v) is 5.26. The molecule has 0 amide bonds. The second kappa shape index (κ2) is 6.82. The van der Waals surface area contributed by atoms with Crippen molar-refractivity contribution in [2.24, 2.45) is 5.73 Å². The maximum Gasteiger partial charge on any atom is 0.144 e. The molecule has 1 fully saturated rings. The number of nitrogens with one attached hydrogen (secondary N) is 1. The fraction of sp³-hybridized carbons (Fsp3) is 0.714. The van der Waals surface area contributed by atoms with E-state index in [0.717, 1.165) is 49.4 Å². The van der Waals surface area contributed by atoms with E-state index >= 15 is 0 Å². The van der Waals surface area contributed by atoms with Gasteiger partial charge in [-0.25, -0.2) is 4.98 Å². The molecule has 0 unspecified atom stereocenters. The maximum absolute atomic E-state index is 5.87. The van der Waals surface area contributed by atoms with Crippen LogP contribution in [0.2, 0.25) is 0 Å². The van der Waals surface area contributed by atoms with Crippen molar-refractivity contribution < 1.29 is 4.74 Å². The Hall–Kier alpha value is -1.20. The van der Waals surface area contributed by atoms with Crippen LogP contribution >= 0.6 is 0 Å². The number of ether oxygens (including phenoxy) is 1. The van der Waals surface area contributed by atoms with E-state index in [2.05, 4.69) is 15.3 Å². The van der Waals surface area contributed by atoms with E-state index < -0.39 is 0 Å². The van der Waals surface area contributed by atoms with Crippen LogP contribution in [0.4, 0.5) is 5.82 Å². The van der Waals surface area contributed by atoms with Gasteiger partial charge in [-0.2, -0.15) is 0 Å². The van der Waals surface area contributed by atoms with Crippen LogP contribution in [0.25, 0.3) is 0 Å². The molecule has 1 heterocycles. The zero-order chi connectivity index (χ0) is 13.7. The lowest BCUT2D eigenvalue weighted by molar-refractivity contribution is 0.0313. The van der Waals surface area contributed by atoms with Gasteiger partial charge in [0.2, 0.25) is 0 Å². The molecule has 3 N–H and O–H groups in total. The summed E-state index contributed by atoms with van der Waals surface area (Å²) < 4.78 is 5.84. The summed E-state index contributed by atoms with van der Waals surface area (Å²) in [5.41, 5.74) is 7.81. The van der Waals surface area contributed by atoms with Gasteiger partial charge in [-0.3, -0.25) is 4.98 Å². The summed E-state index contributed by atoms with van der Waals surface area (Å²) >= 11 is 0. The van der Waals surface area contributed by atoms with Crippen LogP contribution in [0.3, 0.4) is 0 Å². The highest BCUT2D eigenvalue weighted by Gasteiger charge is 2.18. The van der Waals surface area contributed by atoms with Gasteiger partial charge >= 0.3 is 0 Å². The summed E-state index contributed by atoms with van der Waals surface area (Å²) in [5, 5.41) is 3.24. The highest BCUT2D eigenvalue weighted by molar-refractivity contribution is 5.33. The lowest BCUT2D eigenvalue weighted by atomic mass is 9.94. The van der Waals surface area contributed by atoms with Crippen LogP contribution in [0, 0.1) is 13.8 Å². The maximum atomic E-state index is 5.87. The summed E-state index contributed by atoms with van der Waals surface area (Å²) in [6, 6.07) is 0.379. The molecule has 2 rings (SSSR count). The molecule has 5 heteroatoms. The first-order chi connectivity index (χ1) is 9.15. The lowest BCUT2D eigenvalue weighted by Gasteiger charge is -2.26. The molecule has 19 heavy (non-hydrogen) atoms. The number of hydrogen-bond acceptors (Lipinski definition) is 5. The molecule has 1 aromatic rings. The van der Waals surface area contributed by atoms with Gasteiger partial charge in [0.15, 0.2) is 0 Å². The average molecular weight is 264 g/mol. The van der Waals surface area contributed by atoms with E-state index in [1.54, 1.807) is 6.20 Å². The smallest absolute Gasteiger partial charge is 0.144 e. The van der Waals surface area contributed by atoms with Crippen LogP contribution in [0.15, 0.2) is 6.20 Å². The largest absolute Gasteiger partial charge is 0.376 e. The number of nitrogens with zero attached hydrogens (tertiary/aromatic N) is 2. The topological polar surface area (TPSA) is 73.1 Å². The standard InChI is InChI=1S/C14H24N4O/c1-10-11(2)18-14(9-17-10)16-7-8-19-13-5-3-12(15)4-6-13/h9,12-13H,3-8,15H2,1-2H3,(H,16,18). The van der Waals surface area contributed by atoms with Gasteiger partial charge in [-0.1, -0.05) is 0 Å². The minimum absolute atomic E-state index is 0.379. The molecule has 5 nitrogen and oxygen atoms in total. The Kier molecular flexibility index (Phi) is 5.10. The first-order valence-electron chi connectivity index (χ1n) is 7.06. The van der Waals surface area contributed by atoms with Crippen LogP contribution in [0.5, 0.6) is 0 Å². The van der Waals surface area contributed by atoms with Crippen molar-refractivity contribution in [3.8, 4) is 0 Å². The van der Waals surface area contributed by atoms with E-state index in [-0.39, 0.29) is 0 Å². The van der Waals surface area contributed by atoms with Crippen molar-refractivity contribution in [1.29, 1.82) is 0 Å². The molecule has 1 aliphatic carbocycles. The Balaban J connectivity index is 1.65. The predicted octanol–water partition coefficient (Wildman–Crippen LogP) is 1.79. The fourth-order valence-electron chi connectivity index (χ4n) is 2.29. The quantitative estimate of drug-likeness (QED) is 0.793. The summed E-state index contributed by atoms with van der Waals surface area (Å²) in [6.45, 7) is 5.40. The summed E-state index contributed by atoms with van der Waals surface area (Å²) in [7, 11) is 0. The Morgan fingerprint density at radius 3 is 2.68 bits per heavy atom. The second-order valence-electron chi connectivity index (χ2n) is 5.26. The van der Waals surface area contributed by atoms with E-state index in [9.17, 15) is 0 Å². The number of aryl methyl sites for hydroxylation is 2. The first kappa shape index (κ1) is 14.2. The lowest BCUT2D eigenvalue weighted by Crippen LogP contribution is -2.31. The number of hydrogen-bond donors (Lipinski definition) is 2. The molecule has 0 atom stereocenters. The third kappa shape index (κ3) is 4.44. The third-order valence-corrected chi connectivity index (χ3v) is 3.67. The molecule has 0 aliphatic heterocycles. The molecule has 1 saturated carbocycles. The summed E-state index contributed by atoms with van der Waals surface area (Å²) in [5.74, 6) is 0.817. The average Bonchev–Trinajstić information content (AvgIpc) is 2.41. The molecular formula is C14H24N4O. The van der Waals surface area contributed by atoms with Gasteiger partial charge in [0.05, 0.1) is 30.3 Å². The van der Waals surface area contributed by atoms with E-state index in [4.69, 9.17) is 10.5 Å². The van der Waals surface area contributed by atoms with E-state index in [1.165, 1.54) is 0 Å². The van der Waals surface area contributed by atoms with Crippen molar-refractivity contribution in [1.82, 2.24) is 9.97 Å². The first-order valence-corrected chi connectivity index (χ1v) is 7.06. The molecule has 0 radical (unpaired) electrons. The third-order valence-electron chi connectivity index (χ3n) is 3.67. The Morgan fingerprint density at radius 2 is 2.00 bits per heavy atom. The Morgan fingerprint density at radius 1 is 1.26 bits per heavy atom. The van der Waals surface area contributed by atoms with Crippen LogP contribution in [0.1, 0.15) is 37.1 Å². The number of rotatable bonds is 5. The monoisotopic (exact) mass is 264 g/mol. The minimum Gasteiger partial charge on any atom is -0.376 e. The van der Waals surface area contributed by atoms with Gasteiger partial charge in [-0.15, -0.1) is 0 Å².